The molecule has 0 aliphatic carbocycles. The van der Waals surface area contributed by atoms with Crippen LogP contribution >= 0.6 is 24.0 Å². The fraction of sp³-hybridized carbons (Fsp3) is 0.238. The summed E-state index contributed by atoms with van der Waals surface area (Å²) in [4.78, 5) is 5.77. The summed E-state index contributed by atoms with van der Waals surface area (Å²) in [6.07, 6.45) is 3.71. The van der Waals surface area contributed by atoms with Gasteiger partial charge in [-0.15, -0.1) is 24.0 Å². The summed E-state index contributed by atoms with van der Waals surface area (Å²) in [5.41, 5.74) is 1.94. The molecule has 1 heterocycles. The second kappa shape index (κ2) is 11.2. The molecule has 0 amide bonds. The topological polar surface area (TPSA) is 79.6 Å². The van der Waals surface area contributed by atoms with Crippen LogP contribution in [0.3, 0.4) is 0 Å². The first kappa shape index (κ1) is 24.8. The van der Waals surface area contributed by atoms with Crippen LogP contribution in [-0.2, 0) is 16.4 Å². The van der Waals surface area contributed by atoms with E-state index in [4.69, 9.17) is 0 Å². The van der Waals surface area contributed by atoms with Crippen molar-refractivity contribution >= 4 is 39.8 Å². The third-order valence-corrected chi connectivity index (χ3v) is 6.22. The minimum Gasteiger partial charge on any atom is -0.355 e. The van der Waals surface area contributed by atoms with Gasteiger partial charge in [0.2, 0.25) is 0 Å². The Labute approximate surface area is 198 Å². The van der Waals surface area contributed by atoms with E-state index >= 15 is 0 Å². The van der Waals surface area contributed by atoms with Gasteiger partial charge in [0.25, 0.3) is 0 Å². The lowest BCUT2D eigenvalue weighted by molar-refractivity contribution is 0.478. The number of rotatable bonds is 7. The van der Waals surface area contributed by atoms with E-state index in [-0.39, 0.29) is 41.2 Å². The molecule has 1 aromatic heterocycles. The largest absolute Gasteiger partial charge is 0.355 e. The first-order chi connectivity index (χ1) is 14.4. The number of benzene rings is 2. The summed E-state index contributed by atoms with van der Waals surface area (Å²) in [6, 6.07) is 15.2. The van der Waals surface area contributed by atoms with Gasteiger partial charge >= 0.3 is 0 Å². The molecular formula is C21H25FIN5O2S. The maximum atomic E-state index is 13.8. The highest BCUT2D eigenvalue weighted by atomic mass is 127. The van der Waals surface area contributed by atoms with Crippen LogP contribution in [0.5, 0.6) is 0 Å². The van der Waals surface area contributed by atoms with Crippen molar-refractivity contribution < 1.29 is 12.8 Å². The SMILES string of the molecule is CN=C(NCCS(=O)(=O)c1ccccc1F)N(C)Cc1cnn(-c2ccccc2)c1.I. The Balaban J connectivity index is 0.00000341. The number of nitrogens with zero attached hydrogens (tertiary/aromatic N) is 4. The summed E-state index contributed by atoms with van der Waals surface area (Å²) < 4.78 is 40.3. The van der Waals surface area contributed by atoms with Crippen LogP contribution in [0.4, 0.5) is 4.39 Å². The molecule has 31 heavy (non-hydrogen) atoms. The summed E-state index contributed by atoms with van der Waals surface area (Å²) in [7, 11) is -0.261. The molecule has 1 N–H and O–H groups in total. The average molecular weight is 557 g/mol. The van der Waals surface area contributed by atoms with Gasteiger partial charge in [0.15, 0.2) is 15.8 Å². The fourth-order valence-corrected chi connectivity index (χ4v) is 4.24. The van der Waals surface area contributed by atoms with Crippen molar-refractivity contribution in [3.63, 3.8) is 0 Å². The molecule has 0 atom stereocenters. The Morgan fingerprint density at radius 1 is 1.16 bits per heavy atom. The van der Waals surface area contributed by atoms with E-state index in [1.807, 2.05) is 48.5 Å². The van der Waals surface area contributed by atoms with Gasteiger partial charge in [-0.3, -0.25) is 4.99 Å². The molecule has 3 aromatic rings. The molecule has 3 rings (SSSR count). The number of guanidine groups is 1. The molecule has 0 radical (unpaired) electrons. The van der Waals surface area contributed by atoms with Gasteiger partial charge in [0, 0.05) is 38.9 Å². The fourth-order valence-electron chi connectivity index (χ4n) is 3.00. The molecule has 10 heteroatoms. The molecule has 0 spiro atoms. The smallest absolute Gasteiger partial charge is 0.193 e. The normalized spacial score (nSPS) is 11.6. The number of sulfone groups is 1. The molecule has 0 unspecified atom stereocenters. The summed E-state index contributed by atoms with van der Waals surface area (Å²) in [5.74, 6) is -0.451. The first-order valence-corrected chi connectivity index (χ1v) is 11.0. The molecule has 0 aliphatic rings. The Morgan fingerprint density at radius 2 is 1.84 bits per heavy atom. The Hall–Kier alpha value is -2.47. The van der Waals surface area contributed by atoms with Gasteiger partial charge in [-0.25, -0.2) is 17.5 Å². The molecule has 0 bridgehead atoms. The minimum absolute atomic E-state index is 0. The van der Waals surface area contributed by atoms with Crippen LogP contribution in [-0.4, -0.2) is 55.5 Å². The maximum absolute atomic E-state index is 13.8. The van der Waals surface area contributed by atoms with Crippen molar-refractivity contribution in [3.05, 3.63) is 78.4 Å². The minimum atomic E-state index is -3.73. The van der Waals surface area contributed by atoms with Crippen LogP contribution in [0.25, 0.3) is 5.69 Å². The number of hydrogen-bond donors (Lipinski definition) is 1. The zero-order valence-electron chi connectivity index (χ0n) is 17.3. The van der Waals surface area contributed by atoms with Crippen LogP contribution in [0.15, 0.2) is 76.9 Å². The standard InChI is InChI=1S/C21H24FN5O2S.HI/c1-23-21(24-12-13-30(28,29)20-11-7-6-10-19(20)22)26(2)15-17-14-25-27(16-17)18-8-4-3-5-9-18;/h3-11,14,16H,12-13,15H2,1-2H3,(H,23,24);1H. The highest BCUT2D eigenvalue weighted by Crippen LogP contribution is 2.15. The zero-order chi connectivity index (χ0) is 21.6. The van der Waals surface area contributed by atoms with Gasteiger partial charge in [0.1, 0.15) is 10.7 Å². The van der Waals surface area contributed by atoms with Crippen LogP contribution in [0.1, 0.15) is 5.56 Å². The van der Waals surface area contributed by atoms with E-state index in [1.54, 1.807) is 17.9 Å². The second-order valence-electron chi connectivity index (χ2n) is 6.71. The summed E-state index contributed by atoms with van der Waals surface area (Å²) in [6.45, 7) is 0.642. The predicted molar refractivity (Wildman–Crippen MR) is 130 cm³/mol. The highest BCUT2D eigenvalue weighted by Gasteiger charge is 2.19. The van der Waals surface area contributed by atoms with Gasteiger partial charge in [-0.2, -0.15) is 5.10 Å². The monoisotopic (exact) mass is 557 g/mol. The van der Waals surface area contributed by atoms with E-state index in [0.29, 0.717) is 12.5 Å². The lowest BCUT2D eigenvalue weighted by atomic mass is 10.3. The predicted octanol–water partition coefficient (Wildman–Crippen LogP) is 3.11. The second-order valence-corrected chi connectivity index (χ2v) is 8.79. The van der Waals surface area contributed by atoms with Crippen molar-refractivity contribution in [3.8, 4) is 5.69 Å². The van der Waals surface area contributed by atoms with Crippen molar-refractivity contribution in [1.29, 1.82) is 0 Å². The average Bonchev–Trinajstić information content (AvgIpc) is 3.20. The van der Waals surface area contributed by atoms with Gasteiger partial charge in [-0.1, -0.05) is 30.3 Å². The zero-order valence-corrected chi connectivity index (χ0v) is 20.4. The number of nitrogens with one attached hydrogen (secondary N) is 1. The molecule has 0 saturated carbocycles. The van der Waals surface area contributed by atoms with Crippen molar-refractivity contribution in [2.75, 3.05) is 26.4 Å². The molecule has 0 saturated heterocycles. The third kappa shape index (κ3) is 6.50. The van der Waals surface area contributed by atoms with E-state index in [2.05, 4.69) is 15.4 Å². The number of hydrogen-bond acceptors (Lipinski definition) is 4. The maximum Gasteiger partial charge on any atom is 0.193 e. The van der Waals surface area contributed by atoms with Gasteiger partial charge in [-0.05, 0) is 24.3 Å². The highest BCUT2D eigenvalue weighted by molar-refractivity contribution is 14.0. The Bertz CT molecular complexity index is 1120. The molecular weight excluding hydrogens is 532 g/mol. The lowest BCUT2D eigenvalue weighted by Crippen LogP contribution is -2.40. The molecule has 0 aliphatic heterocycles. The quantitative estimate of drug-likeness (QED) is 0.275. The van der Waals surface area contributed by atoms with Gasteiger partial charge in [0.05, 0.1) is 17.6 Å². The molecule has 0 fully saturated rings. The van der Waals surface area contributed by atoms with E-state index in [1.165, 1.54) is 18.2 Å². The van der Waals surface area contributed by atoms with Crippen LogP contribution in [0, 0.1) is 5.82 Å². The van der Waals surface area contributed by atoms with Crippen molar-refractivity contribution in [2.45, 2.75) is 11.4 Å². The van der Waals surface area contributed by atoms with Crippen molar-refractivity contribution in [2.24, 2.45) is 4.99 Å². The molecule has 2 aromatic carbocycles. The van der Waals surface area contributed by atoms with Gasteiger partial charge < -0.3 is 10.2 Å². The number of para-hydroxylation sites is 1. The molecule has 7 nitrogen and oxygen atoms in total. The third-order valence-electron chi connectivity index (χ3n) is 4.48. The number of aliphatic imine (C=N–C) groups is 1. The summed E-state index contributed by atoms with van der Waals surface area (Å²) >= 11 is 0. The first-order valence-electron chi connectivity index (χ1n) is 9.39. The summed E-state index contributed by atoms with van der Waals surface area (Å²) in [5, 5.41) is 7.40. The van der Waals surface area contributed by atoms with E-state index < -0.39 is 15.7 Å². The van der Waals surface area contributed by atoms with E-state index in [0.717, 1.165) is 17.3 Å². The van der Waals surface area contributed by atoms with Crippen LogP contribution < -0.4 is 5.32 Å². The molecule has 166 valence electrons. The lowest BCUT2D eigenvalue weighted by Gasteiger charge is -2.21. The Morgan fingerprint density at radius 3 is 2.52 bits per heavy atom. The van der Waals surface area contributed by atoms with E-state index in [9.17, 15) is 12.8 Å². The van der Waals surface area contributed by atoms with Crippen LogP contribution in [0.2, 0.25) is 0 Å². The van der Waals surface area contributed by atoms with Crippen molar-refractivity contribution in [1.82, 2.24) is 20.0 Å². The Kier molecular flexibility index (Phi) is 8.99. The number of aromatic nitrogens is 2. The number of halogens is 2.